The standard InChI is InChI=1S/2C18H19N3.C17H18N4.C16H15N3O/c1-21-9-3-7-18(21)8-6-17-14(10-18)4-2-5-16(17)15-11-19-13-20-12-15;1-13-5-7-18(21-13)8-6-17-14(9-18)3-2-4-16(17)15-10-19-12-20-11-15;1-21-10-17(20-12-21)6-5-16-13(7-17)3-2-4-15(16)14-8-18-11-19-9-14;1-11-19-16(9-20-11)5-12-3-2-4-14(15(12)6-16)13-7-17-10-18-8-13/h2-5,9,11-13H,6-8,10H2,1H3;2-4,10-12H,5-9H2,1H3;2-4,8-9,11-12H,5-7,10H2,1H3;2-4,7-8,10H,5-6,9H2,1H3. The van der Waals surface area contributed by atoms with E-state index in [1.165, 1.54) is 105 Å². The van der Waals surface area contributed by atoms with Crippen molar-refractivity contribution in [1.82, 2.24) is 49.7 Å². The number of ether oxygens (including phenoxy) is 1. The van der Waals surface area contributed by atoms with Gasteiger partial charge in [0.1, 0.15) is 37.5 Å². The van der Waals surface area contributed by atoms with E-state index in [0.29, 0.717) is 12.1 Å². The van der Waals surface area contributed by atoms with Crippen LogP contribution < -0.4 is 0 Å². The van der Waals surface area contributed by atoms with Crippen LogP contribution in [-0.4, -0.2) is 117 Å². The van der Waals surface area contributed by atoms with E-state index in [1.54, 1.807) is 25.3 Å². The van der Waals surface area contributed by atoms with Gasteiger partial charge in [0.25, 0.3) is 0 Å². The highest BCUT2D eigenvalue weighted by Gasteiger charge is 2.43. The predicted octanol–water partition coefficient (Wildman–Crippen LogP) is 11.6. The fraction of sp³-hybridized carbons (Fsp3) is 0.348. The van der Waals surface area contributed by atoms with Gasteiger partial charge < -0.3 is 14.5 Å². The minimum absolute atomic E-state index is 0.0852. The third-order valence-electron chi connectivity index (χ3n) is 18.7. The molecule has 4 aromatic heterocycles. The SMILES string of the molecule is CC1=NC2(CC1)CCc1c(cccc1-c1cncnc1)C2.CC1=NC2(CO1)Cc1cccc(-c3cncnc3)c1C2.CN1C=CCC12CCc1c(cccc1-c1cncnc1)C2.CN1C=NC2(CCc3c(cccc3-c3cncnc3)C2)C1. The number of aromatic nitrogens is 8. The van der Waals surface area contributed by atoms with E-state index in [0.717, 1.165) is 92.5 Å². The summed E-state index contributed by atoms with van der Waals surface area (Å²) in [7, 11) is 4.31. The Morgan fingerprint density at radius 2 is 0.880 bits per heavy atom. The van der Waals surface area contributed by atoms with Gasteiger partial charge >= 0.3 is 0 Å². The van der Waals surface area contributed by atoms with Crippen LogP contribution in [-0.2, 0) is 56.1 Å². The molecule has 0 fully saturated rings. The van der Waals surface area contributed by atoms with Crippen molar-refractivity contribution in [3.63, 3.8) is 0 Å². The molecule has 8 aromatic rings. The van der Waals surface area contributed by atoms with Gasteiger partial charge in [-0.1, -0.05) is 78.9 Å². The van der Waals surface area contributed by atoms with Crippen molar-refractivity contribution in [2.24, 2.45) is 15.0 Å². The number of aliphatic imine (C=N–C) groups is 3. The summed E-state index contributed by atoms with van der Waals surface area (Å²) >= 11 is 0. The monoisotopic (exact) mass is 1100 g/mol. The minimum atomic E-state index is -0.0852. The molecule has 4 spiro atoms. The highest BCUT2D eigenvalue weighted by atomic mass is 16.5. The minimum Gasteiger partial charge on any atom is -0.479 e. The maximum absolute atomic E-state index is 5.59. The van der Waals surface area contributed by atoms with Crippen LogP contribution >= 0.6 is 0 Å². The smallest absolute Gasteiger partial charge is 0.180 e. The summed E-state index contributed by atoms with van der Waals surface area (Å²) in [4.78, 5) is 52.3. The summed E-state index contributed by atoms with van der Waals surface area (Å²) in [5.41, 5.74) is 22.8. The van der Waals surface area contributed by atoms with Gasteiger partial charge in [0.15, 0.2) is 5.90 Å². The van der Waals surface area contributed by atoms with Gasteiger partial charge in [-0.05, 0) is 157 Å². The van der Waals surface area contributed by atoms with Gasteiger partial charge in [-0.25, -0.2) is 44.9 Å². The lowest BCUT2D eigenvalue weighted by atomic mass is 9.74. The van der Waals surface area contributed by atoms with Crippen LogP contribution in [0.1, 0.15) is 96.9 Å². The van der Waals surface area contributed by atoms with Crippen LogP contribution in [0, 0.1) is 0 Å². The highest BCUT2D eigenvalue weighted by Crippen LogP contribution is 2.45. The van der Waals surface area contributed by atoms with Crippen molar-refractivity contribution < 1.29 is 4.74 Å². The normalized spacial score (nSPS) is 23.7. The number of likely N-dealkylation sites (N-methyl/N-ethyl adjacent to an activating group) is 2. The zero-order valence-corrected chi connectivity index (χ0v) is 48.1. The van der Waals surface area contributed by atoms with E-state index in [1.807, 2.05) is 62.8 Å². The van der Waals surface area contributed by atoms with Gasteiger partial charge in [0.2, 0.25) is 0 Å². The maximum Gasteiger partial charge on any atom is 0.180 e. The molecule has 4 unspecified atom stereocenters. The molecule has 0 radical (unpaired) electrons. The van der Waals surface area contributed by atoms with Gasteiger partial charge in [0, 0.05) is 123 Å². The maximum atomic E-state index is 5.59. The highest BCUT2D eigenvalue weighted by molar-refractivity contribution is 5.84. The Bertz CT molecular complexity index is 3780. The summed E-state index contributed by atoms with van der Waals surface area (Å²) in [6.07, 6.45) is 43.5. The first kappa shape index (κ1) is 53.6. The van der Waals surface area contributed by atoms with Crippen molar-refractivity contribution >= 4 is 17.9 Å². The molecule has 8 aliphatic rings. The molecule has 0 N–H and O–H groups in total. The average molecular weight is 1100 g/mol. The second-order valence-corrected chi connectivity index (χ2v) is 24.2. The Balaban J connectivity index is 0.000000104. The van der Waals surface area contributed by atoms with Crippen LogP contribution in [0.3, 0.4) is 0 Å². The molecular weight excluding hydrogens is 1030 g/mol. The Hall–Kier alpha value is -8.65. The van der Waals surface area contributed by atoms with Gasteiger partial charge in [-0.3, -0.25) is 9.98 Å². The number of fused-ring (bicyclic) bond motifs is 4. The fourth-order valence-corrected chi connectivity index (χ4v) is 14.6. The van der Waals surface area contributed by atoms with E-state index in [-0.39, 0.29) is 16.6 Å². The van der Waals surface area contributed by atoms with Crippen LogP contribution in [0.15, 0.2) is 175 Å². The number of hydrogen-bond donors (Lipinski definition) is 0. The van der Waals surface area contributed by atoms with Gasteiger partial charge in [-0.2, -0.15) is 0 Å². The van der Waals surface area contributed by atoms with Crippen LogP contribution in [0.5, 0.6) is 0 Å². The third-order valence-corrected chi connectivity index (χ3v) is 18.7. The molecule has 0 saturated heterocycles. The van der Waals surface area contributed by atoms with Gasteiger partial charge in [0.05, 0.1) is 17.4 Å². The molecule has 83 heavy (non-hydrogen) atoms. The number of rotatable bonds is 4. The van der Waals surface area contributed by atoms with Crippen molar-refractivity contribution in [2.75, 3.05) is 27.2 Å². The number of benzene rings is 4. The molecule has 16 rings (SSSR count). The van der Waals surface area contributed by atoms with E-state index < -0.39 is 0 Å². The zero-order chi connectivity index (χ0) is 56.4. The first-order valence-electron chi connectivity index (χ1n) is 29.4. The second-order valence-electron chi connectivity index (χ2n) is 24.2. The van der Waals surface area contributed by atoms with Crippen molar-refractivity contribution in [3.05, 3.63) is 204 Å². The Morgan fingerprint density at radius 3 is 1.31 bits per heavy atom. The predicted molar refractivity (Wildman–Crippen MR) is 328 cm³/mol. The topological polar surface area (TPSA) is 156 Å². The molecule has 4 aliphatic heterocycles. The van der Waals surface area contributed by atoms with E-state index in [9.17, 15) is 0 Å². The number of hydrogen-bond acceptors (Lipinski definition) is 14. The Kier molecular flexibility index (Phi) is 14.6. The molecule has 8 heterocycles. The molecule has 4 aliphatic carbocycles. The van der Waals surface area contributed by atoms with Crippen molar-refractivity contribution in [1.29, 1.82) is 0 Å². The summed E-state index contributed by atoms with van der Waals surface area (Å²) in [6, 6.07) is 26.3. The van der Waals surface area contributed by atoms with E-state index in [2.05, 4.69) is 156 Å². The lowest BCUT2D eigenvalue weighted by Gasteiger charge is -2.42. The quantitative estimate of drug-likeness (QED) is 0.165. The molecule has 0 saturated carbocycles. The van der Waals surface area contributed by atoms with Crippen LogP contribution in [0.4, 0.5) is 0 Å². The summed E-state index contributed by atoms with van der Waals surface area (Å²) in [5, 5.41) is 0. The van der Waals surface area contributed by atoms with Crippen LogP contribution in [0.25, 0.3) is 44.5 Å². The van der Waals surface area contributed by atoms with E-state index in [4.69, 9.17) is 19.7 Å². The molecular formula is C69H71N13O. The molecule has 14 heteroatoms. The lowest BCUT2D eigenvalue weighted by Crippen LogP contribution is -2.45. The first-order valence-corrected chi connectivity index (χ1v) is 29.4. The molecule has 418 valence electrons. The van der Waals surface area contributed by atoms with E-state index >= 15 is 0 Å². The summed E-state index contributed by atoms with van der Waals surface area (Å²) in [5.74, 6) is 0.808. The fourth-order valence-electron chi connectivity index (χ4n) is 14.6. The van der Waals surface area contributed by atoms with Crippen LogP contribution in [0.2, 0.25) is 0 Å². The molecule has 0 amide bonds. The summed E-state index contributed by atoms with van der Waals surface area (Å²) < 4.78 is 5.59. The molecule has 4 atom stereocenters. The second kappa shape index (κ2) is 22.6. The molecule has 4 aromatic carbocycles. The summed E-state index contributed by atoms with van der Waals surface area (Å²) in [6.45, 7) is 5.83. The third kappa shape index (κ3) is 11.0. The van der Waals surface area contributed by atoms with Crippen molar-refractivity contribution in [2.45, 2.75) is 126 Å². The number of nitrogens with zero attached hydrogens (tertiary/aromatic N) is 13. The average Bonchev–Trinajstić information content (AvgIpc) is 4.35. The zero-order valence-electron chi connectivity index (χ0n) is 48.1. The molecule has 14 nitrogen and oxygen atoms in total. The largest absolute Gasteiger partial charge is 0.479 e. The lowest BCUT2D eigenvalue weighted by molar-refractivity contribution is 0.176. The van der Waals surface area contributed by atoms with Gasteiger partial charge in [-0.15, -0.1) is 0 Å². The Morgan fingerprint density at radius 1 is 0.446 bits per heavy atom. The Labute approximate surface area is 487 Å². The molecule has 0 bridgehead atoms. The first-order chi connectivity index (χ1) is 40.6. The van der Waals surface area contributed by atoms with Crippen molar-refractivity contribution in [3.8, 4) is 44.5 Å².